The highest BCUT2D eigenvalue weighted by Crippen LogP contribution is 2.23. The van der Waals surface area contributed by atoms with Crippen LogP contribution < -0.4 is 10.5 Å². The van der Waals surface area contributed by atoms with Crippen molar-refractivity contribution in [1.29, 1.82) is 0 Å². The SMILES string of the molecule is CC(C)C(OC(=O)[C@H](C)N)[C@H](C)Oc1cc(F)cc(Cl)c1. The zero-order valence-corrected chi connectivity index (χ0v) is 13.4. The van der Waals surface area contributed by atoms with E-state index in [0.29, 0.717) is 0 Å². The maximum atomic E-state index is 13.3. The van der Waals surface area contributed by atoms with Gasteiger partial charge in [0.25, 0.3) is 0 Å². The van der Waals surface area contributed by atoms with E-state index in [2.05, 4.69) is 0 Å². The maximum absolute atomic E-state index is 13.3. The van der Waals surface area contributed by atoms with Crippen LogP contribution in [0.5, 0.6) is 5.75 Å². The van der Waals surface area contributed by atoms with Crippen LogP contribution in [-0.4, -0.2) is 24.2 Å². The molecule has 1 unspecified atom stereocenters. The maximum Gasteiger partial charge on any atom is 0.323 e. The summed E-state index contributed by atoms with van der Waals surface area (Å²) < 4.78 is 24.3. The standard InChI is InChI=1S/C15H21ClFNO3/c1-8(2)14(21-15(19)9(3)18)10(4)20-13-6-11(16)5-12(17)7-13/h5-10,14H,18H2,1-4H3/t9-,10-,14?/m0/s1. The summed E-state index contributed by atoms with van der Waals surface area (Å²) in [6, 6.07) is 3.22. The molecule has 6 heteroatoms. The predicted octanol–water partition coefficient (Wildman–Crippen LogP) is 3.16. The Labute approximate surface area is 129 Å². The first-order valence-electron chi connectivity index (χ1n) is 6.79. The van der Waals surface area contributed by atoms with Crippen LogP contribution in [0, 0.1) is 11.7 Å². The van der Waals surface area contributed by atoms with E-state index in [1.54, 1.807) is 13.8 Å². The Morgan fingerprint density at radius 3 is 2.33 bits per heavy atom. The van der Waals surface area contributed by atoms with Gasteiger partial charge in [-0.3, -0.25) is 4.79 Å². The Balaban J connectivity index is 2.81. The van der Waals surface area contributed by atoms with E-state index >= 15 is 0 Å². The second kappa shape index (κ2) is 7.61. The molecule has 0 aliphatic rings. The molecule has 0 aromatic heterocycles. The third-order valence-corrected chi connectivity index (χ3v) is 3.12. The van der Waals surface area contributed by atoms with Gasteiger partial charge in [-0.15, -0.1) is 0 Å². The van der Waals surface area contributed by atoms with Gasteiger partial charge in [-0.25, -0.2) is 4.39 Å². The highest BCUT2D eigenvalue weighted by atomic mass is 35.5. The van der Waals surface area contributed by atoms with Gasteiger partial charge in [-0.05, 0) is 31.9 Å². The van der Waals surface area contributed by atoms with Gasteiger partial charge in [0, 0.05) is 11.1 Å². The van der Waals surface area contributed by atoms with Crippen LogP contribution in [0.25, 0.3) is 0 Å². The minimum atomic E-state index is -0.706. The van der Waals surface area contributed by atoms with E-state index in [9.17, 15) is 9.18 Å². The summed E-state index contributed by atoms with van der Waals surface area (Å²) >= 11 is 5.78. The highest BCUT2D eigenvalue weighted by molar-refractivity contribution is 6.30. The Morgan fingerprint density at radius 2 is 1.86 bits per heavy atom. The molecule has 21 heavy (non-hydrogen) atoms. The van der Waals surface area contributed by atoms with Crippen molar-refractivity contribution in [2.24, 2.45) is 11.7 Å². The van der Waals surface area contributed by atoms with E-state index in [4.69, 9.17) is 26.8 Å². The van der Waals surface area contributed by atoms with Crippen molar-refractivity contribution in [3.05, 3.63) is 29.0 Å². The smallest absolute Gasteiger partial charge is 0.323 e. The molecule has 0 aliphatic carbocycles. The van der Waals surface area contributed by atoms with E-state index in [1.165, 1.54) is 18.2 Å². The van der Waals surface area contributed by atoms with Crippen molar-refractivity contribution < 1.29 is 18.7 Å². The molecule has 0 spiro atoms. The first-order valence-corrected chi connectivity index (χ1v) is 7.17. The van der Waals surface area contributed by atoms with Gasteiger partial charge in [0.2, 0.25) is 0 Å². The number of nitrogens with two attached hydrogens (primary N) is 1. The fourth-order valence-corrected chi connectivity index (χ4v) is 2.11. The second-order valence-corrected chi connectivity index (χ2v) is 5.80. The molecule has 0 fully saturated rings. The number of carbonyl (C=O) groups excluding carboxylic acids is 1. The molecule has 1 aromatic carbocycles. The molecule has 0 saturated carbocycles. The predicted molar refractivity (Wildman–Crippen MR) is 79.9 cm³/mol. The summed E-state index contributed by atoms with van der Waals surface area (Å²) in [5, 5.41) is 0.242. The first-order chi connectivity index (χ1) is 9.70. The normalized spacial score (nSPS) is 15.4. The molecule has 0 saturated heterocycles. The molecule has 1 aromatic rings. The van der Waals surface area contributed by atoms with Crippen molar-refractivity contribution in [3.63, 3.8) is 0 Å². The minimum absolute atomic E-state index is 0.0201. The summed E-state index contributed by atoms with van der Waals surface area (Å²) in [5.74, 6) is -0.679. The molecule has 0 aliphatic heterocycles. The molecule has 0 bridgehead atoms. The van der Waals surface area contributed by atoms with Crippen molar-refractivity contribution in [2.45, 2.75) is 45.9 Å². The van der Waals surface area contributed by atoms with Crippen LogP contribution in [0.3, 0.4) is 0 Å². The topological polar surface area (TPSA) is 61.5 Å². The molecule has 0 amide bonds. The summed E-state index contributed by atoms with van der Waals surface area (Å²) in [6.07, 6.45) is -0.962. The highest BCUT2D eigenvalue weighted by Gasteiger charge is 2.27. The van der Waals surface area contributed by atoms with Gasteiger partial charge in [-0.1, -0.05) is 25.4 Å². The van der Waals surface area contributed by atoms with Crippen molar-refractivity contribution in [1.82, 2.24) is 0 Å². The molecular weight excluding hydrogens is 297 g/mol. The quantitative estimate of drug-likeness (QED) is 0.819. The number of ether oxygens (including phenoxy) is 2. The molecule has 2 N–H and O–H groups in total. The lowest BCUT2D eigenvalue weighted by atomic mass is 10.0. The number of carbonyl (C=O) groups is 1. The zero-order valence-electron chi connectivity index (χ0n) is 12.6. The molecular formula is C15H21ClFNO3. The monoisotopic (exact) mass is 317 g/mol. The number of hydrogen-bond donors (Lipinski definition) is 1. The summed E-state index contributed by atoms with van der Waals surface area (Å²) in [5.41, 5.74) is 5.49. The molecule has 0 heterocycles. The fourth-order valence-electron chi connectivity index (χ4n) is 1.89. The van der Waals surface area contributed by atoms with Crippen LogP contribution in [0.15, 0.2) is 18.2 Å². The zero-order chi connectivity index (χ0) is 16.2. The number of esters is 1. The lowest BCUT2D eigenvalue weighted by molar-refractivity contribution is -0.157. The van der Waals surface area contributed by atoms with Crippen molar-refractivity contribution in [3.8, 4) is 5.75 Å². The number of hydrogen-bond acceptors (Lipinski definition) is 4. The van der Waals surface area contributed by atoms with Gasteiger partial charge < -0.3 is 15.2 Å². The van der Waals surface area contributed by atoms with E-state index < -0.39 is 30.0 Å². The third-order valence-electron chi connectivity index (χ3n) is 2.90. The van der Waals surface area contributed by atoms with Gasteiger partial charge >= 0.3 is 5.97 Å². The largest absolute Gasteiger partial charge is 0.487 e. The molecule has 118 valence electrons. The Kier molecular flexibility index (Phi) is 6.42. The number of halogens is 2. The van der Waals surface area contributed by atoms with Crippen molar-refractivity contribution >= 4 is 17.6 Å². The van der Waals surface area contributed by atoms with Crippen LogP contribution in [0.2, 0.25) is 5.02 Å². The summed E-state index contributed by atoms with van der Waals surface area (Å²) in [7, 11) is 0. The number of benzene rings is 1. The summed E-state index contributed by atoms with van der Waals surface area (Å²) in [4.78, 5) is 11.6. The van der Waals surface area contributed by atoms with E-state index in [1.807, 2.05) is 13.8 Å². The molecule has 1 rings (SSSR count). The minimum Gasteiger partial charge on any atom is -0.487 e. The first kappa shape index (κ1) is 17.7. The molecule has 0 radical (unpaired) electrons. The lowest BCUT2D eigenvalue weighted by Crippen LogP contribution is -2.41. The van der Waals surface area contributed by atoms with Crippen LogP contribution in [-0.2, 0) is 9.53 Å². The number of rotatable bonds is 6. The summed E-state index contributed by atoms with van der Waals surface area (Å²) in [6.45, 7) is 7.10. The third kappa shape index (κ3) is 5.52. The fraction of sp³-hybridized carbons (Fsp3) is 0.533. The Hall–Kier alpha value is -1.33. The lowest BCUT2D eigenvalue weighted by Gasteiger charge is -2.28. The Morgan fingerprint density at radius 1 is 1.24 bits per heavy atom. The van der Waals surface area contributed by atoms with E-state index in [-0.39, 0.29) is 16.7 Å². The Bertz CT molecular complexity index is 474. The second-order valence-electron chi connectivity index (χ2n) is 5.36. The molecule has 3 atom stereocenters. The van der Waals surface area contributed by atoms with Crippen LogP contribution in [0.1, 0.15) is 27.7 Å². The average Bonchev–Trinajstić information content (AvgIpc) is 2.33. The van der Waals surface area contributed by atoms with E-state index in [0.717, 1.165) is 0 Å². The van der Waals surface area contributed by atoms with Gasteiger partial charge in [-0.2, -0.15) is 0 Å². The average molecular weight is 318 g/mol. The molecule has 4 nitrogen and oxygen atoms in total. The van der Waals surface area contributed by atoms with Crippen LogP contribution >= 0.6 is 11.6 Å². The van der Waals surface area contributed by atoms with Gasteiger partial charge in [0.1, 0.15) is 29.8 Å². The van der Waals surface area contributed by atoms with Gasteiger partial charge in [0.05, 0.1) is 0 Å². The van der Waals surface area contributed by atoms with Gasteiger partial charge in [0.15, 0.2) is 0 Å². The van der Waals surface area contributed by atoms with Crippen LogP contribution in [0.4, 0.5) is 4.39 Å². The van der Waals surface area contributed by atoms with Crippen molar-refractivity contribution in [2.75, 3.05) is 0 Å².